The zero-order valence-electron chi connectivity index (χ0n) is 15.2. The first-order chi connectivity index (χ1) is 12.1. The van der Waals surface area contributed by atoms with E-state index in [2.05, 4.69) is 6.58 Å². The summed E-state index contributed by atoms with van der Waals surface area (Å²) in [6.45, 7) is 8.34. The molecule has 142 valence electrons. The summed E-state index contributed by atoms with van der Waals surface area (Å²) in [6, 6.07) is 0. The van der Waals surface area contributed by atoms with Crippen LogP contribution in [0.15, 0.2) is 24.0 Å². The minimum Gasteiger partial charge on any atom is -0.462 e. The largest absolute Gasteiger partial charge is 0.462 e. The van der Waals surface area contributed by atoms with Gasteiger partial charge in [0.05, 0.1) is 18.3 Å². The molecule has 0 bridgehead atoms. The molecule has 0 amide bonds. The average Bonchev–Trinajstić information content (AvgIpc) is 2.82. The summed E-state index contributed by atoms with van der Waals surface area (Å²) in [5.41, 5.74) is 0.401. The Morgan fingerprint density at radius 2 is 2.04 bits per heavy atom. The molecule has 0 aromatic carbocycles. The Bertz CT molecular complexity index is 694. The molecule has 0 aromatic rings. The van der Waals surface area contributed by atoms with Crippen molar-refractivity contribution in [2.75, 3.05) is 0 Å². The fourth-order valence-corrected chi connectivity index (χ4v) is 4.77. The molecule has 2 aliphatic carbocycles. The zero-order valence-corrected chi connectivity index (χ0v) is 15.2. The van der Waals surface area contributed by atoms with Crippen molar-refractivity contribution in [1.29, 1.82) is 0 Å². The highest BCUT2D eigenvalue weighted by Crippen LogP contribution is 2.58. The molecule has 0 spiro atoms. The van der Waals surface area contributed by atoms with E-state index >= 15 is 0 Å². The first kappa shape index (κ1) is 18.6. The molecule has 3 aliphatic rings. The second-order valence-corrected chi connectivity index (χ2v) is 7.61. The van der Waals surface area contributed by atoms with Gasteiger partial charge in [0, 0.05) is 30.8 Å². The van der Waals surface area contributed by atoms with Crippen LogP contribution in [0.2, 0.25) is 0 Å². The minimum atomic E-state index is -0.684. The van der Waals surface area contributed by atoms with Crippen molar-refractivity contribution >= 4 is 17.9 Å². The standard InChI is InChI=1S/C19H24O7/c1-9-15-13(25-11(3)21)7-19(4)14(22)6-5-12(8-24-10(2)20)16(19)17(15)26-18(9)23/h8,13-17,22H,1,5-7H2,2-4H3/b12-8+/t13-,14+,15+,16+,17-,19-/m0/s1. The highest BCUT2D eigenvalue weighted by Gasteiger charge is 2.62. The molecule has 1 aliphatic heterocycles. The Morgan fingerprint density at radius 1 is 1.35 bits per heavy atom. The lowest BCUT2D eigenvalue weighted by molar-refractivity contribution is -0.177. The number of hydrogen-bond acceptors (Lipinski definition) is 7. The molecule has 7 nitrogen and oxygen atoms in total. The third kappa shape index (κ3) is 2.94. The van der Waals surface area contributed by atoms with Crippen LogP contribution >= 0.6 is 0 Å². The SMILES string of the molecule is C=C1C(=O)O[C@H]2[C@H]1[C@@H](OC(C)=O)C[C@@]1(C)[C@H](O)CC/C(=C\OC(C)=O)[C@H]21. The van der Waals surface area contributed by atoms with Crippen LogP contribution in [0.25, 0.3) is 0 Å². The molecular weight excluding hydrogens is 340 g/mol. The summed E-state index contributed by atoms with van der Waals surface area (Å²) in [4.78, 5) is 35.0. The average molecular weight is 364 g/mol. The van der Waals surface area contributed by atoms with E-state index in [1.165, 1.54) is 20.1 Å². The van der Waals surface area contributed by atoms with Gasteiger partial charge in [-0.1, -0.05) is 13.5 Å². The molecule has 0 unspecified atom stereocenters. The summed E-state index contributed by atoms with van der Waals surface area (Å²) in [5, 5.41) is 10.7. The van der Waals surface area contributed by atoms with Crippen molar-refractivity contribution < 1.29 is 33.7 Å². The van der Waals surface area contributed by atoms with E-state index in [4.69, 9.17) is 14.2 Å². The van der Waals surface area contributed by atoms with Crippen LogP contribution in [-0.2, 0) is 28.6 Å². The maximum Gasteiger partial charge on any atom is 0.334 e. The maximum atomic E-state index is 12.2. The number of ether oxygens (including phenoxy) is 3. The van der Waals surface area contributed by atoms with Gasteiger partial charge < -0.3 is 19.3 Å². The van der Waals surface area contributed by atoms with Crippen LogP contribution in [0.5, 0.6) is 0 Å². The van der Waals surface area contributed by atoms with Crippen molar-refractivity contribution in [3.8, 4) is 0 Å². The predicted molar refractivity (Wildman–Crippen MR) is 89.4 cm³/mol. The van der Waals surface area contributed by atoms with E-state index < -0.39 is 47.6 Å². The van der Waals surface area contributed by atoms with Crippen LogP contribution in [-0.4, -0.2) is 41.3 Å². The lowest BCUT2D eigenvalue weighted by Crippen LogP contribution is -2.58. The molecular formula is C19H24O7. The van der Waals surface area contributed by atoms with Crippen LogP contribution < -0.4 is 0 Å². The molecule has 2 saturated carbocycles. The number of aliphatic hydroxyl groups is 1. The summed E-state index contributed by atoms with van der Waals surface area (Å²) < 4.78 is 16.1. The third-order valence-electron chi connectivity index (χ3n) is 5.90. The predicted octanol–water partition coefficient (Wildman–Crippen LogP) is 1.64. The molecule has 0 aromatic heterocycles. The Morgan fingerprint density at radius 3 is 2.65 bits per heavy atom. The van der Waals surface area contributed by atoms with Gasteiger partial charge in [0.15, 0.2) is 0 Å². The zero-order chi connectivity index (χ0) is 19.2. The monoisotopic (exact) mass is 364 g/mol. The van der Waals surface area contributed by atoms with Gasteiger partial charge in [-0.15, -0.1) is 0 Å². The highest BCUT2D eigenvalue weighted by atomic mass is 16.6. The Balaban J connectivity index is 2.04. The lowest BCUT2D eigenvalue weighted by atomic mass is 9.53. The Hall–Kier alpha value is -2.15. The quantitative estimate of drug-likeness (QED) is 0.344. The van der Waals surface area contributed by atoms with Gasteiger partial charge in [-0.25, -0.2) is 4.79 Å². The number of carbonyl (C=O) groups is 3. The summed E-state index contributed by atoms with van der Waals surface area (Å²) >= 11 is 0. The fourth-order valence-electron chi connectivity index (χ4n) is 4.77. The number of fused-ring (bicyclic) bond motifs is 3. The van der Waals surface area contributed by atoms with Crippen molar-refractivity contribution in [1.82, 2.24) is 0 Å². The smallest absolute Gasteiger partial charge is 0.334 e. The van der Waals surface area contributed by atoms with E-state index in [1.807, 2.05) is 6.92 Å². The van der Waals surface area contributed by atoms with Crippen molar-refractivity contribution in [3.63, 3.8) is 0 Å². The normalized spacial score (nSPS) is 40.5. The number of esters is 3. The summed E-state index contributed by atoms with van der Waals surface area (Å²) in [5.74, 6) is -2.23. The highest BCUT2D eigenvalue weighted by molar-refractivity contribution is 5.91. The van der Waals surface area contributed by atoms with Crippen molar-refractivity contribution in [2.24, 2.45) is 17.3 Å². The number of hydrogen-bond donors (Lipinski definition) is 1. The molecule has 6 atom stereocenters. The molecule has 7 heteroatoms. The van der Waals surface area contributed by atoms with Gasteiger partial charge in [-0.2, -0.15) is 0 Å². The molecule has 3 fully saturated rings. The maximum absolute atomic E-state index is 12.2. The van der Waals surface area contributed by atoms with Gasteiger partial charge in [0.2, 0.25) is 0 Å². The molecule has 3 rings (SSSR count). The molecule has 26 heavy (non-hydrogen) atoms. The Labute approximate surface area is 152 Å². The Kier molecular flexibility index (Phi) is 4.69. The van der Waals surface area contributed by atoms with E-state index in [0.29, 0.717) is 19.3 Å². The second-order valence-electron chi connectivity index (χ2n) is 7.61. The third-order valence-corrected chi connectivity index (χ3v) is 5.90. The van der Waals surface area contributed by atoms with Crippen LogP contribution in [0.1, 0.15) is 40.0 Å². The molecule has 1 N–H and O–H groups in total. The minimum absolute atomic E-state index is 0.273. The van der Waals surface area contributed by atoms with Crippen LogP contribution in [0, 0.1) is 17.3 Å². The van der Waals surface area contributed by atoms with Crippen molar-refractivity contribution in [2.45, 2.75) is 58.3 Å². The number of rotatable bonds is 2. The van der Waals surface area contributed by atoms with E-state index in [9.17, 15) is 19.5 Å². The summed E-state index contributed by atoms with van der Waals surface area (Å²) in [7, 11) is 0. The second kappa shape index (κ2) is 6.54. The van der Waals surface area contributed by atoms with Gasteiger partial charge in [-0.3, -0.25) is 9.59 Å². The van der Waals surface area contributed by atoms with Gasteiger partial charge in [0.25, 0.3) is 0 Å². The first-order valence-corrected chi connectivity index (χ1v) is 8.76. The lowest BCUT2D eigenvalue weighted by Gasteiger charge is -2.54. The first-order valence-electron chi connectivity index (χ1n) is 8.76. The van der Waals surface area contributed by atoms with Crippen molar-refractivity contribution in [3.05, 3.63) is 24.0 Å². The fraction of sp³-hybridized carbons (Fsp3) is 0.632. The van der Waals surface area contributed by atoms with Gasteiger partial charge in [-0.05, 0) is 24.8 Å². The van der Waals surface area contributed by atoms with Gasteiger partial charge >= 0.3 is 17.9 Å². The van der Waals surface area contributed by atoms with Crippen LogP contribution in [0.4, 0.5) is 0 Å². The summed E-state index contributed by atoms with van der Waals surface area (Å²) in [6.07, 6.45) is 0.921. The molecule has 1 heterocycles. The van der Waals surface area contributed by atoms with E-state index in [0.717, 1.165) is 5.57 Å². The topological polar surface area (TPSA) is 99.1 Å². The molecule has 1 saturated heterocycles. The van der Waals surface area contributed by atoms with Crippen LogP contribution in [0.3, 0.4) is 0 Å². The van der Waals surface area contributed by atoms with E-state index in [1.54, 1.807) is 0 Å². The molecule has 0 radical (unpaired) electrons. The number of aliphatic hydroxyl groups excluding tert-OH is 1. The number of carbonyl (C=O) groups excluding carboxylic acids is 3. The van der Waals surface area contributed by atoms with Gasteiger partial charge in [0.1, 0.15) is 12.2 Å². The van der Waals surface area contributed by atoms with E-state index in [-0.39, 0.29) is 11.5 Å².